The summed E-state index contributed by atoms with van der Waals surface area (Å²) in [6.45, 7) is 6.44. The van der Waals surface area contributed by atoms with E-state index in [1.807, 2.05) is 0 Å². The SMILES string of the molecule is CC/C=C\C/C=C\C/C=C\C/C=C\CCCCC(=O)OC(COC(=O)CCCCCCCC)COC(=O)CCCCCCCCCCCCCCCCCCCCC. The minimum atomic E-state index is -0.788. The number of carbonyl (C=O) groups excluding carboxylic acids is 3. The quantitative estimate of drug-likeness (QED) is 0.0264. The van der Waals surface area contributed by atoms with Gasteiger partial charge < -0.3 is 14.2 Å². The molecular weight excluding hydrogens is 721 g/mol. The van der Waals surface area contributed by atoms with Crippen LogP contribution >= 0.6 is 0 Å². The van der Waals surface area contributed by atoms with E-state index in [2.05, 4.69) is 69.4 Å². The van der Waals surface area contributed by atoms with Crippen molar-refractivity contribution in [3.05, 3.63) is 48.6 Å². The molecule has 0 aromatic heterocycles. The molecule has 0 saturated heterocycles. The van der Waals surface area contributed by atoms with E-state index in [9.17, 15) is 14.4 Å². The summed E-state index contributed by atoms with van der Waals surface area (Å²) >= 11 is 0. The number of ether oxygens (including phenoxy) is 3. The topological polar surface area (TPSA) is 78.9 Å². The summed E-state index contributed by atoms with van der Waals surface area (Å²) in [7, 11) is 0. The van der Waals surface area contributed by atoms with E-state index in [0.29, 0.717) is 19.3 Å². The van der Waals surface area contributed by atoms with Crippen LogP contribution in [0.4, 0.5) is 0 Å². The molecule has 1 atom stereocenters. The minimum Gasteiger partial charge on any atom is -0.462 e. The first-order chi connectivity index (χ1) is 28.5. The molecule has 0 heterocycles. The Morgan fingerprint density at radius 3 is 1.05 bits per heavy atom. The van der Waals surface area contributed by atoms with E-state index >= 15 is 0 Å². The number of hydrogen-bond acceptors (Lipinski definition) is 6. The van der Waals surface area contributed by atoms with Gasteiger partial charge in [0.25, 0.3) is 0 Å². The van der Waals surface area contributed by atoms with Crippen molar-refractivity contribution in [1.29, 1.82) is 0 Å². The normalized spacial score (nSPS) is 12.4. The van der Waals surface area contributed by atoms with Crippen LogP contribution in [0.5, 0.6) is 0 Å². The predicted molar refractivity (Wildman–Crippen MR) is 247 cm³/mol. The van der Waals surface area contributed by atoms with Gasteiger partial charge in [0.2, 0.25) is 0 Å². The van der Waals surface area contributed by atoms with Gasteiger partial charge in [0.15, 0.2) is 6.10 Å². The van der Waals surface area contributed by atoms with E-state index in [0.717, 1.165) is 77.0 Å². The molecule has 0 fully saturated rings. The average Bonchev–Trinajstić information content (AvgIpc) is 3.22. The number of esters is 3. The highest BCUT2D eigenvalue weighted by Crippen LogP contribution is 2.16. The van der Waals surface area contributed by atoms with Gasteiger partial charge in [-0.1, -0.05) is 217 Å². The van der Waals surface area contributed by atoms with Crippen molar-refractivity contribution in [2.24, 2.45) is 0 Å². The maximum Gasteiger partial charge on any atom is 0.306 e. The van der Waals surface area contributed by atoms with E-state index in [-0.39, 0.29) is 37.5 Å². The van der Waals surface area contributed by atoms with Crippen LogP contribution in [0.15, 0.2) is 48.6 Å². The largest absolute Gasteiger partial charge is 0.462 e. The van der Waals surface area contributed by atoms with Crippen molar-refractivity contribution >= 4 is 17.9 Å². The molecule has 0 aromatic rings. The smallest absolute Gasteiger partial charge is 0.306 e. The molecule has 0 rings (SSSR count). The highest BCUT2D eigenvalue weighted by molar-refractivity contribution is 5.71. The van der Waals surface area contributed by atoms with E-state index < -0.39 is 6.10 Å². The van der Waals surface area contributed by atoms with E-state index in [1.165, 1.54) is 122 Å². The van der Waals surface area contributed by atoms with E-state index in [4.69, 9.17) is 14.2 Å². The lowest BCUT2D eigenvalue weighted by Crippen LogP contribution is -2.30. The fraction of sp³-hybridized carbons (Fsp3) is 0.788. The Balaban J connectivity index is 4.24. The monoisotopic (exact) mass is 813 g/mol. The second kappa shape index (κ2) is 47.1. The lowest BCUT2D eigenvalue weighted by molar-refractivity contribution is -0.167. The number of unbranched alkanes of at least 4 members (excludes halogenated alkanes) is 25. The maximum absolute atomic E-state index is 12.7. The molecule has 0 saturated carbocycles. The van der Waals surface area contributed by atoms with Gasteiger partial charge in [-0.05, 0) is 57.8 Å². The Hall–Kier alpha value is -2.63. The molecule has 0 aliphatic heterocycles. The van der Waals surface area contributed by atoms with Crippen molar-refractivity contribution < 1.29 is 28.6 Å². The second-order valence-electron chi connectivity index (χ2n) is 16.4. The van der Waals surface area contributed by atoms with Gasteiger partial charge in [0, 0.05) is 19.3 Å². The molecule has 0 aliphatic rings. The summed E-state index contributed by atoms with van der Waals surface area (Å²) in [4.78, 5) is 37.6. The molecule has 336 valence electrons. The Labute approximate surface area is 358 Å². The van der Waals surface area contributed by atoms with Gasteiger partial charge in [0.1, 0.15) is 13.2 Å². The van der Waals surface area contributed by atoms with Crippen LogP contribution in [0.1, 0.15) is 245 Å². The van der Waals surface area contributed by atoms with Crippen molar-refractivity contribution in [1.82, 2.24) is 0 Å². The highest BCUT2D eigenvalue weighted by atomic mass is 16.6. The first-order valence-electron chi connectivity index (χ1n) is 24.6. The van der Waals surface area contributed by atoms with Gasteiger partial charge in [-0.3, -0.25) is 14.4 Å². The zero-order valence-electron chi connectivity index (χ0n) is 38.3. The summed E-state index contributed by atoms with van der Waals surface area (Å²) in [6, 6.07) is 0. The van der Waals surface area contributed by atoms with Crippen molar-refractivity contribution in [2.75, 3.05) is 13.2 Å². The van der Waals surface area contributed by atoms with Gasteiger partial charge >= 0.3 is 17.9 Å². The lowest BCUT2D eigenvalue weighted by atomic mass is 10.0. The molecule has 0 radical (unpaired) electrons. The molecule has 58 heavy (non-hydrogen) atoms. The van der Waals surface area contributed by atoms with Crippen LogP contribution in [0.3, 0.4) is 0 Å². The summed E-state index contributed by atoms with van der Waals surface area (Å²) < 4.78 is 16.6. The molecule has 0 spiro atoms. The third-order valence-electron chi connectivity index (χ3n) is 10.6. The molecular formula is C52H92O6. The maximum atomic E-state index is 12.7. The van der Waals surface area contributed by atoms with Gasteiger partial charge in [-0.2, -0.15) is 0 Å². The number of allylic oxidation sites excluding steroid dienone is 8. The summed E-state index contributed by atoms with van der Waals surface area (Å²) in [6.07, 6.45) is 55.5. The second-order valence-corrected chi connectivity index (χ2v) is 16.4. The fourth-order valence-corrected chi connectivity index (χ4v) is 6.90. The van der Waals surface area contributed by atoms with Crippen molar-refractivity contribution in [2.45, 2.75) is 252 Å². The number of rotatable bonds is 44. The highest BCUT2D eigenvalue weighted by Gasteiger charge is 2.19. The minimum absolute atomic E-state index is 0.0874. The first-order valence-corrected chi connectivity index (χ1v) is 24.6. The standard InChI is InChI=1S/C52H92O6/c1-4-7-10-13-16-18-20-22-24-25-26-27-29-30-32-34-36-39-42-45-51(54)57-48-49(47-56-50(53)44-41-38-15-12-9-6-3)58-52(55)46-43-40-37-35-33-31-28-23-21-19-17-14-11-8-5-2/h8,11,17,19,23,28,33,35,49H,4-7,9-10,12-16,18,20-22,24-27,29-32,34,36-48H2,1-3H3/b11-8-,19-17-,28-23-,35-33-. The molecule has 0 aliphatic carbocycles. The van der Waals surface area contributed by atoms with Crippen molar-refractivity contribution in [3.63, 3.8) is 0 Å². The first kappa shape index (κ1) is 55.4. The van der Waals surface area contributed by atoms with Crippen LogP contribution in [0.2, 0.25) is 0 Å². The van der Waals surface area contributed by atoms with Crippen LogP contribution in [-0.2, 0) is 28.6 Å². The van der Waals surface area contributed by atoms with Crippen LogP contribution < -0.4 is 0 Å². The summed E-state index contributed by atoms with van der Waals surface area (Å²) in [5.74, 6) is -0.934. The third-order valence-corrected chi connectivity index (χ3v) is 10.6. The van der Waals surface area contributed by atoms with Crippen LogP contribution in [-0.4, -0.2) is 37.2 Å². The Morgan fingerprint density at radius 1 is 0.362 bits per heavy atom. The molecule has 6 heteroatoms. The van der Waals surface area contributed by atoms with E-state index in [1.54, 1.807) is 0 Å². The van der Waals surface area contributed by atoms with Crippen LogP contribution in [0.25, 0.3) is 0 Å². The molecule has 0 amide bonds. The van der Waals surface area contributed by atoms with Crippen LogP contribution in [0, 0.1) is 0 Å². The molecule has 0 bridgehead atoms. The molecule has 1 unspecified atom stereocenters. The van der Waals surface area contributed by atoms with Gasteiger partial charge in [0.05, 0.1) is 0 Å². The summed E-state index contributed by atoms with van der Waals surface area (Å²) in [5.41, 5.74) is 0. The molecule has 0 aromatic carbocycles. The average molecular weight is 813 g/mol. The predicted octanol–water partition coefficient (Wildman–Crippen LogP) is 15.9. The molecule has 6 nitrogen and oxygen atoms in total. The Kier molecular flexibility index (Phi) is 44.9. The van der Waals surface area contributed by atoms with Gasteiger partial charge in [-0.15, -0.1) is 0 Å². The van der Waals surface area contributed by atoms with Crippen molar-refractivity contribution in [3.8, 4) is 0 Å². The third kappa shape index (κ3) is 44.5. The zero-order valence-corrected chi connectivity index (χ0v) is 38.3. The number of carbonyl (C=O) groups is 3. The van der Waals surface area contributed by atoms with Gasteiger partial charge in [-0.25, -0.2) is 0 Å². The summed E-state index contributed by atoms with van der Waals surface area (Å²) in [5, 5.41) is 0. The molecule has 0 N–H and O–H groups in total. The Morgan fingerprint density at radius 2 is 0.672 bits per heavy atom. The Bertz CT molecular complexity index is 1030. The fourth-order valence-electron chi connectivity index (χ4n) is 6.90. The zero-order chi connectivity index (χ0) is 42.3. The lowest BCUT2D eigenvalue weighted by Gasteiger charge is -2.18. The number of hydrogen-bond donors (Lipinski definition) is 0.